The van der Waals surface area contributed by atoms with Gasteiger partial charge in [0.1, 0.15) is 24.5 Å². The molecule has 0 aromatic heterocycles. The van der Waals surface area contributed by atoms with Gasteiger partial charge in [0, 0.05) is 6.54 Å². The Hall–Kier alpha value is -3.47. The number of benzene rings is 2. The van der Waals surface area contributed by atoms with E-state index in [0.717, 1.165) is 0 Å². The maximum atomic E-state index is 13.6. The van der Waals surface area contributed by atoms with Crippen molar-refractivity contribution in [3.05, 3.63) is 52.6 Å². The summed E-state index contributed by atoms with van der Waals surface area (Å²) in [7, 11) is 0. The molecule has 0 aliphatic carbocycles. The highest BCUT2D eigenvalue weighted by molar-refractivity contribution is 6.07. The Morgan fingerprint density at radius 1 is 1.00 bits per heavy atom. The van der Waals surface area contributed by atoms with E-state index in [0.29, 0.717) is 92.1 Å². The average molecular weight is 593 g/mol. The number of fused-ring (bicyclic) bond motifs is 1. The standard InChI is InChI=1S/C31H39F3N2O6/c1-4-9-20-17-22(27(37)31(32,33)34)18-21(10-5-2)26(20)42-14-8-7-13-36-28(38)30(6-3,35-29(36)39)23-11-12-24-25(19-23)41-16-15-40-24/h11-12,17-19,27,37H,4-10,13-16H2,1-3H3,(H,35,39). The Bertz CT molecular complexity index is 1260. The number of rotatable bonds is 13. The number of aliphatic hydroxyl groups excluding tert-OH is 1. The van der Waals surface area contributed by atoms with Crippen LogP contribution in [0.15, 0.2) is 30.3 Å². The molecule has 42 heavy (non-hydrogen) atoms. The molecular formula is C31H39F3N2O6. The summed E-state index contributed by atoms with van der Waals surface area (Å²) in [5.41, 5.74) is 0.504. The first-order valence-electron chi connectivity index (χ1n) is 14.6. The zero-order chi connectivity index (χ0) is 30.5. The van der Waals surface area contributed by atoms with Gasteiger partial charge in [-0.2, -0.15) is 13.2 Å². The minimum atomic E-state index is -4.76. The van der Waals surface area contributed by atoms with Gasteiger partial charge in [0.25, 0.3) is 5.91 Å². The summed E-state index contributed by atoms with van der Waals surface area (Å²) in [4.78, 5) is 27.7. The SMILES string of the molecule is CCCc1cc(C(O)C(F)(F)F)cc(CCC)c1OCCCCN1C(=O)NC(CC)(c2ccc3c(c2)OCCO3)C1=O. The van der Waals surface area contributed by atoms with Crippen molar-refractivity contribution in [2.45, 2.75) is 83.5 Å². The Morgan fingerprint density at radius 3 is 2.24 bits per heavy atom. The number of nitrogens with zero attached hydrogens (tertiary/aromatic N) is 1. The fraction of sp³-hybridized carbons (Fsp3) is 0.548. The predicted molar refractivity (Wildman–Crippen MR) is 150 cm³/mol. The first-order chi connectivity index (χ1) is 20.1. The molecule has 2 heterocycles. The lowest BCUT2D eigenvalue weighted by atomic mass is 9.87. The smallest absolute Gasteiger partial charge is 0.418 e. The van der Waals surface area contributed by atoms with Crippen molar-refractivity contribution >= 4 is 11.9 Å². The molecule has 2 atom stereocenters. The summed E-state index contributed by atoms with van der Waals surface area (Å²) >= 11 is 0. The topological polar surface area (TPSA) is 97.3 Å². The van der Waals surface area contributed by atoms with E-state index in [1.54, 1.807) is 18.2 Å². The third kappa shape index (κ3) is 6.45. The molecule has 8 nitrogen and oxygen atoms in total. The number of amides is 3. The Labute approximate surface area is 244 Å². The molecule has 4 rings (SSSR count). The maximum Gasteiger partial charge on any atom is 0.418 e. The Morgan fingerprint density at radius 2 is 1.64 bits per heavy atom. The van der Waals surface area contributed by atoms with E-state index in [1.807, 2.05) is 20.8 Å². The van der Waals surface area contributed by atoms with Crippen molar-refractivity contribution in [2.75, 3.05) is 26.4 Å². The van der Waals surface area contributed by atoms with Gasteiger partial charge in [-0.3, -0.25) is 9.69 Å². The Kier molecular flexibility index (Phi) is 9.91. The second kappa shape index (κ2) is 13.2. The van der Waals surface area contributed by atoms with Crippen molar-refractivity contribution in [3.8, 4) is 17.2 Å². The molecule has 1 fully saturated rings. The van der Waals surface area contributed by atoms with Crippen LogP contribution < -0.4 is 19.5 Å². The number of carbonyl (C=O) groups is 2. The number of halogens is 3. The van der Waals surface area contributed by atoms with E-state index in [9.17, 15) is 27.9 Å². The van der Waals surface area contributed by atoms with Gasteiger partial charge in [0.15, 0.2) is 17.6 Å². The summed E-state index contributed by atoms with van der Waals surface area (Å²) in [6.45, 7) is 7.01. The van der Waals surface area contributed by atoms with Crippen LogP contribution in [0.4, 0.5) is 18.0 Å². The summed E-state index contributed by atoms with van der Waals surface area (Å²) in [5.74, 6) is 1.35. The molecule has 2 aromatic rings. The number of imide groups is 1. The van der Waals surface area contributed by atoms with Crippen molar-refractivity contribution in [1.29, 1.82) is 0 Å². The van der Waals surface area contributed by atoms with Crippen LogP contribution >= 0.6 is 0 Å². The molecule has 2 unspecified atom stereocenters. The monoisotopic (exact) mass is 592 g/mol. The molecule has 2 aliphatic rings. The molecule has 2 aromatic carbocycles. The van der Waals surface area contributed by atoms with Gasteiger partial charge >= 0.3 is 12.2 Å². The molecule has 0 saturated carbocycles. The molecule has 0 spiro atoms. The van der Waals surface area contributed by atoms with Crippen LogP contribution in [-0.2, 0) is 23.2 Å². The minimum Gasteiger partial charge on any atom is -0.493 e. The number of aryl methyl sites for hydroxylation is 2. The lowest BCUT2D eigenvalue weighted by molar-refractivity contribution is -0.206. The lowest BCUT2D eigenvalue weighted by Gasteiger charge is -2.27. The summed E-state index contributed by atoms with van der Waals surface area (Å²) < 4.78 is 57.0. The third-order valence-electron chi connectivity index (χ3n) is 7.69. The number of ether oxygens (including phenoxy) is 3. The highest BCUT2D eigenvalue weighted by Gasteiger charge is 2.51. The molecule has 3 amide bonds. The van der Waals surface area contributed by atoms with Crippen LogP contribution in [0.3, 0.4) is 0 Å². The van der Waals surface area contributed by atoms with Gasteiger partial charge in [-0.05, 0) is 78.6 Å². The Balaban J connectivity index is 1.41. The first-order valence-corrected chi connectivity index (χ1v) is 14.6. The summed E-state index contributed by atoms with van der Waals surface area (Å²) in [6.07, 6.45) is -3.55. The number of nitrogens with one attached hydrogen (secondary N) is 1. The van der Waals surface area contributed by atoms with E-state index in [1.165, 1.54) is 17.0 Å². The van der Waals surface area contributed by atoms with Gasteiger partial charge in [0.05, 0.1) is 6.61 Å². The van der Waals surface area contributed by atoms with Crippen molar-refractivity contribution in [3.63, 3.8) is 0 Å². The highest BCUT2D eigenvalue weighted by Crippen LogP contribution is 2.39. The van der Waals surface area contributed by atoms with Crippen LogP contribution in [0.1, 0.15) is 81.2 Å². The molecule has 0 radical (unpaired) electrons. The maximum absolute atomic E-state index is 13.6. The average Bonchev–Trinajstić information content (AvgIpc) is 3.22. The minimum absolute atomic E-state index is 0.183. The molecule has 0 bridgehead atoms. The van der Waals surface area contributed by atoms with Crippen LogP contribution in [0.5, 0.6) is 17.2 Å². The molecule has 2 N–H and O–H groups in total. The second-order valence-electron chi connectivity index (χ2n) is 10.7. The van der Waals surface area contributed by atoms with Gasteiger partial charge in [-0.15, -0.1) is 0 Å². The number of carbonyl (C=O) groups excluding carboxylic acids is 2. The zero-order valence-corrected chi connectivity index (χ0v) is 24.3. The molecule has 2 aliphatic heterocycles. The molecule has 230 valence electrons. The molecule has 1 saturated heterocycles. The number of alkyl halides is 3. The van der Waals surface area contributed by atoms with E-state index < -0.39 is 23.9 Å². The van der Waals surface area contributed by atoms with Crippen molar-refractivity contribution < 1.29 is 42.1 Å². The molecular weight excluding hydrogens is 553 g/mol. The summed E-state index contributed by atoms with van der Waals surface area (Å²) in [6, 6.07) is 7.56. The fourth-order valence-electron chi connectivity index (χ4n) is 5.55. The van der Waals surface area contributed by atoms with Gasteiger partial charge in [-0.25, -0.2) is 4.79 Å². The number of hydrogen-bond acceptors (Lipinski definition) is 6. The number of urea groups is 1. The first kappa shape index (κ1) is 31.5. The van der Waals surface area contributed by atoms with E-state index >= 15 is 0 Å². The highest BCUT2D eigenvalue weighted by atomic mass is 19.4. The summed E-state index contributed by atoms with van der Waals surface area (Å²) in [5, 5.41) is 12.7. The predicted octanol–water partition coefficient (Wildman–Crippen LogP) is 5.97. The number of unbranched alkanes of at least 4 members (excludes halogenated alkanes) is 1. The zero-order valence-electron chi connectivity index (χ0n) is 24.3. The lowest BCUT2D eigenvalue weighted by Crippen LogP contribution is -2.43. The van der Waals surface area contributed by atoms with Crippen molar-refractivity contribution in [2.24, 2.45) is 0 Å². The van der Waals surface area contributed by atoms with Crippen LogP contribution in [-0.4, -0.2) is 54.5 Å². The third-order valence-corrected chi connectivity index (χ3v) is 7.69. The van der Waals surface area contributed by atoms with Crippen molar-refractivity contribution in [1.82, 2.24) is 10.2 Å². The quantitative estimate of drug-likeness (QED) is 0.220. The number of hydrogen-bond donors (Lipinski definition) is 2. The van der Waals surface area contributed by atoms with E-state index in [2.05, 4.69) is 5.32 Å². The molecule has 11 heteroatoms. The van der Waals surface area contributed by atoms with Crippen LogP contribution in [0.25, 0.3) is 0 Å². The largest absolute Gasteiger partial charge is 0.493 e. The van der Waals surface area contributed by atoms with Crippen LogP contribution in [0.2, 0.25) is 0 Å². The second-order valence-corrected chi connectivity index (χ2v) is 10.7. The fourth-order valence-corrected chi connectivity index (χ4v) is 5.55. The van der Waals surface area contributed by atoms with Gasteiger partial charge in [-0.1, -0.05) is 39.7 Å². The normalized spacial score (nSPS) is 19.2. The van der Waals surface area contributed by atoms with E-state index in [4.69, 9.17) is 14.2 Å². The van der Waals surface area contributed by atoms with E-state index in [-0.39, 0.29) is 24.6 Å². The van der Waals surface area contributed by atoms with Gasteiger partial charge < -0.3 is 24.6 Å². The number of aliphatic hydroxyl groups is 1. The van der Waals surface area contributed by atoms with Crippen LogP contribution in [0, 0.1) is 0 Å². The van der Waals surface area contributed by atoms with Gasteiger partial charge in [0.2, 0.25) is 0 Å².